The summed E-state index contributed by atoms with van der Waals surface area (Å²) in [5.74, 6) is -0.999. The Labute approximate surface area is 167 Å². The van der Waals surface area contributed by atoms with Gasteiger partial charge in [-0.2, -0.15) is 8.42 Å². The molecule has 12 heteroatoms. The Morgan fingerprint density at radius 1 is 1.25 bits per heavy atom. The number of hydrogen-bond acceptors (Lipinski definition) is 9. The van der Waals surface area contributed by atoms with E-state index in [4.69, 9.17) is 30.0 Å². The van der Waals surface area contributed by atoms with Crippen molar-refractivity contribution < 1.29 is 26.8 Å². The zero-order valence-corrected chi connectivity index (χ0v) is 17.2. The van der Waals surface area contributed by atoms with Crippen molar-refractivity contribution in [2.24, 2.45) is 0 Å². The van der Waals surface area contributed by atoms with Crippen LogP contribution in [0.4, 0.5) is 0 Å². The standard InChI is InChI=1S/C16H21ClN4O6S/c1-4-24-28(22,23)6-5-9-11-12(27-16(2,3)26-11)15(25-9)21-8-20-10-13(17)18-7-19-14(10)21/h7-9,11-12,15H,4-6H2,1-3H3/t9-,11-,12-,15-/m1/s1. The van der Waals surface area contributed by atoms with E-state index >= 15 is 0 Å². The van der Waals surface area contributed by atoms with Gasteiger partial charge in [0.1, 0.15) is 24.1 Å². The summed E-state index contributed by atoms with van der Waals surface area (Å²) in [4.78, 5) is 12.4. The molecule has 0 aromatic carbocycles. The fourth-order valence-corrected chi connectivity index (χ4v) is 4.80. The zero-order chi connectivity index (χ0) is 20.1. The second kappa shape index (κ2) is 7.15. The summed E-state index contributed by atoms with van der Waals surface area (Å²) < 4.78 is 48.6. The molecule has 0 saturated carbocycles. The van der Waals surface area contributed by atoms with Crippen LogP contribution in [-0.4, -0.2) is 64.4 Å². The van der Waals surface area contributed by atoms with Crippen LogP contribution >= 0.6 is 11.6 Å². The first-order valence-electron chi connectivity index (χ1n) is 8.92. The fourth-order valence-electron chi connectivity index (χ4n) is 3.62. The maximum Gasteiger partial charge on any atom is 0.267 e. The van der Waals surface area contributed by atoms with Crippen LogP contribution in [0.2, 0.25) is 5.15 Å². The number of hydrogen-bond donors (Lipinski definition) is 0. The summed E-state index contributed by atoms with van der Waals surface area (Å²) in [7, 11) is -3.62. The van der Waals surface area contributed by atoms with Crippen molar-refractivity contribution >= 4 is 32.9 Å². The van der Waals surface area contributed by atoms with E-state index in [0.29, 0.717) is 11.2 Å². The molecule has 4 rings (SSSR count). The maximum absolute atomic E-state index is 11.9. The maximum atomic E-state index is 11.9. The van der Waals surface area contributed by atoms with E-state index in [-0.39, 0.29) is 23.9 Å². The van der Waals surface area contributed by atoms with E-state index in [0.717, 1.165) is 0 Å². The van der Waals surface area contributed by atoms with Gasteiger partial charge in [-0.15, -0.1) is 0 Å². The van der Waals surface area contributed by atoms with Crippen LogP contribution in [0.5, 0.6) is 0 Å². The lowest BCUT2D eigenvalue weighted by molar-refractivity contribution is -0.196. The van der Waals surface area contributed by atoms with Crippen molar-refractivity contribution in [3.05, 3.63) is 17.8 Å². The predicted molar refractivity (Wildman–Crippen MR) is 98.1 cm³/mol. The highest BCUT2D eigenvalue weighted by Gasteiger charge is 2.56. The van der Waals surface area contributed by atoms with Crippen molar-refractivity contribution in [1.82, 2.24) is 19.5 Å². The van der Waals surface area contributed by atoms with Gasteiger partial charge in [0.25, 0.3) is 10.1 Å². The molecule has 2 aliphatic rings. The minimum Gasteiger partial charge on any atom is -0.349 e. The molecule has 0 unspecified atom stereocenters. The summed E-state index contributed by atoms with van der Waals surface area (Å²) in [5, 5.41) is 0.238. The van der Waals surface area contributed by atoms with Gasteiger partial charge in [-0.3, -0.25) is 8.75 Å². The highest BCUT2D eigenvalue weighted by Crippen LogP contribution is 2.44. The SMILES string of the molecule is CCOS(=O)(=O)CC[C@H]1O[C@@H](n2cnc3c(Cl)ncnc32)[C@@H]2OC(C)(C)O[C@@H]21. The van der Waals surface area contributed by atoms with Crippen LogP contribution in [-0.2, 0) is 28.5 Å². The minimum atomic E-state index is -3.62. The molecule has 2 fully saturated rings. The third-order valence-electron chi connectivity index (χ3n) is 4.66. The van der Waals surface area contributed by atoms with Gasteiger partial charge in [-0.1, -0.05) is 11.6 Å². The normalized spacial score (nSPS) is 29.4. The van der Waals surface area contributed by atoms with E-state index in [1.165, 1.54) is 6.33 Å². The van der Waals surface area contributed by atoms with Gasteiger partial charge in [0.05, 0.1) is 24.8 Å². The van der Waals surface area contributed by atoms with Gasteiger partial charge in [0, 0.05) is 0 Å². The van der Waals surface area contributed by atoms with Gasteiger partial charge in [0.2, 0.25) is 0 Å². The van der Waals surface area contributed by atoms with Crippen LogP contribution in [0.1, 0.15) is 33.4 Å². The van der Waals surface area contributed by atoms with E-state index in [1.807, 2.05) is 0 Å². The third kappa shape index (κ3) is 3.62. The first-order chi connectivity index (χ1) is 13.2. The molecular weight excluding hydrogens is 412 g/mol. The molecule has 0 bridgehead atoms. The van der Waals surface area contributed by atoms with Crippen LogP contribution in [0.3, 0.4) is 0 Å². The highest BCUT2D eigenvalue weighted by atomic mass is 35.5. The Hall–Kier alpha value is -1.37. The van der Waals surface area contributed by atoms with E-state index < -0.39 is 40.4 Å². The fraction of sp³-hybridized carbons (Fsp3) is 0.688. The molecule has 28 heavy (non-hydrogen) atoms. The molecule has 2 aromatic heterocycles. The molecule has 154 valence electrons. The smallest absolute Gasteiger partial charge is 0.267 e. The van der Waals surface area contributed by atoms with Gasteiger partial charge in [-0.25, -0.2) is 15.0 Å². The molecule has 0 aliphatic carbocycles. The number of imidazole rings is 1. The van der Waals surface area contributed by atoms with Crippen molar-refractivity contribution in [1.29, 1.82) is 0 Å². The minimum absolute atomic E-state index is 0.0939. The molecule has 4 heterocycles. The van der Waals surface area contributed by atoms with Crippen LogP contribution in [0, 0.1) is 0 Å². The molecule has 0 amide bonds. The summed E-state index contributed by atoms with van der Waals surface area (Å²) in [6.07, 6.45) is 1.12. The monoisotopic (exact) mass is 432 g/mol. The highest BCUT2D eigenvalue weighted by molar-refractivity contribution is 7.86. The van der Waals surface area contributed by atoms with Crippen LogP contribution in [0.15, 0.2) is 12.7 Å². The first kappa shape index (κ1) is 19.9. The topological polar surface area (TPSA) is 115 Å². The average molecular weight is 433 g/mol. The van der Waals surface area contributed by atoms with E-state index in [1.54, 1.807) is 31.7 Å². The molecule has 0 spiro atoms. The summed E-state index contributed by atoms with van der Waals surface area (Å²) in [5.41, 5.74) is 0.949. The van der Waals surface area contributed by atoms with Crippen LogP contribution in [0.25, 0.3) is 11.2 Å². The summed E-state index contributed by atoms with van der Waals surface area (Å²) >= 11 is 6.09. The first-order valence-corrected chi connectivity index (χ1v) is 10.9. The molecule has 2 aliphatic heterocycles. The van der Waals surface area contributed by atoms with Gasteiger partial charge < -0.3 is 14.2 Å². The van der Waals surface area contributed by atoms with Crippen LogP contribution < -0.4 is 0 Å². The second-order valence-corrected chi connectivity index (χ2v) is 9.19. The Morgan fingerprint density at radius 2 is 2.00 bits per heavy atom. The van der Waals surface area contributed by atoms with E-state index in [2.05, 4.69) is 15.0 Å². The Kier molecular flexibility index (Phi) is 5.09. The van der Waals surface area contributed by atoms with Crippen molar-refractivity contribution in [3.63, 3.8) is 0 Å². The van der Waals surface area contributed by atoms with Gasteiger partial charge >= 0.3 is 0 Å². The number of fused-ring (bicyclic) bond motifs is 2. The largest absolute Gasteiger partial charge is 0.349 e. The Balaban J connectivity index is 1.62. The molecule has 10 nitrogen and oxygen atoms in total. The summed E-state index contributed by atoms with van der Waals surface area (Å²) in [6, 6.07) is 0. The number of rotatable bonds is 6. The predicted octanol–water partition coefficient (Wildman–Crippen LogP) is 1.65. The van der Waals surface area contributed by atoms with Crippen molar-refractivity contribution in [2.75, 3.05) is 12.4 Å². The lowest BCUT2D eigenvalue weighted by atomic mass is 10.1. The molecular formula is C16H21ClN4O6S. The average Bonchev–Trinajstić information content (AvgIpc) is 3.25. The molecule has 0 N–H and O–H groups in total. The molecule has 0 radical (unpaired) electrons. The second-order valence-electron chi connectivity index (χ2n) is 7.08. The van der Waals surface area contributed by atoms with Crippen molar-refractivity contribution in [2.45, 2.75) is 57.5 Å². The lowest BCUT2D eigenvalue weighted by Crippen LogP contribution is -2.31. The summed E-state index contributed by atoms with van der Waals surface area (Å²) in [6.45, 7) is 5.34. The third-order valence-corrected chi connectivity index (χ3v) is 6.27. The lowest BCUT2D eigenvalue weighted by Gasteiger charge is -2.24. The number of nitrogens with zero attached hydrogens (tertiary/aromatic N) is 4. The Bertz CT molecular complexity index is 981. The van der Waals surface area contributed by atoms with E-state index in [9.17, 15) is 8.42 Å². The molecule has 4 atom stereocenters. The molecule has 2 saturated heterocycles. The number of ether oxygens (including phenoxy) is 3. The molecule has 2 aromatic rings. The zero-order valence-electron chi connectivity index (χ0n) is 15.6. The Morgan fingerprint density at radius 3 is 2.75 bits per heavy atom. The number of halogens is 1. The van der Waals surface area contributed by atoms with Crippen molar-refractivity contribution in [3.8, 4) is 0 Å². The quantitative estimate of drug-likeness (QED) is 0.496. The van der Waals surface area contributed by atoms with Gasteiger partial charge in [0.15, 0.2) is 22.8 Å². The number of aromatic nitrogens is 4. The van der Waals surface area contributed by atoms with Gasteiger partial charge in [-0.05, 0) is 27.2 Å².